The number of aromatic nitrogens is 5. The van der Waals surface area contributed by atoms with Crippen LogP contribution in [0.5, 0.6) is 0 Å². The highest BCUT2D eigenvalue weighted by Crippen LogP contribution is 2.43. The minimum absolute atomic E-state index is 0.0155. The predicted octanol–water partition coefficient (Wildman–Crippen LogP) is 5.39. The molecule has 1 amide bonds. The van der Waals surface area contributed by atoms with Gasteiger partial charge in [-0.15, -0.1) is 5.10 Å². The molecule has 4 atom stereocenters. The van der Waals surface area contributed by atoms with Gasteiger partial charge in [0.1, 0.15) is 0 Å². The van der Waals surface area contributed by atoms with Gasteiger partial charge in [-0.05, 0) is 58.0 Å². The summed E-state index contributed by atoms with van der Waals surface area (Å²) in [5, 5.41) is 25.5. The lowest BCUT2D eigenvalue weighted by Gasteiger charge is -2.41. The van der Waals surface area contributed by atoms with Crippen LogP contribution < -0.4 is 5.32 Å². The summed E-state index contributed by atoms with van der Waals surface area (Å²) in [5.74, 6) is 0.312. The zero-order valence-electron chi connectivity index (χ0n) is 23.4. The maximum Gasteiger partial charge on any atom is 0.257 e. The molecule has 5 aromatic rings. The quantitative estimate of drug-likeness (QED) is 0.216. The number of hydrogen-bond acceptors (Lipinski definition) is 9. The molecule has 218 valence electrons. The molecule has 2 aromatic heterocycles. The monoisotopic (exact) mass is 594 g/mol. The first-order valence-electron chi connectivity index (χ1n) is 13.9. The van der Waals surface area contributed by atoms with E-state index in [0.29, 0.717) is 22.2 Å². The number of tetrazole rings is 1. The van der Waals surface area contributed by atoms with Crippen LogP contribution >= 0.6 is 11.8 Å². The van der Waals surface area contributed by atoms with Gasteiger partial charge in [-0.1, -0.05) is 73.3 Å². The molecule has 2 N–H and O–H groups in total. The highest BCUT2D eigenvalue weighted by Gasteiger charge is 2.38. The Balaban J connectivity index is 1.25. The van der Waals surface area contributed by atoms with E-state index in [1.165, 1.54) is 18.0 Å². The van der Waals surface area contributed by atoms with Crippen LogP contribution in [-0.4, -0.2) is 48.1 Å². The molecule has 43 heavy (non-hydrogen) atoms. The molecule has 1 aliphatic rings. The molecular weight excluding hydrogens is 564 g/mol. The second-order valence-corrected chi connectivity index (χ2v) is 11.2. The number of aliphatic hydroxyl groups excluding tert-OH is 1. The smallest absolute Gasteiger partial charge is 0.257 e. The second kappa shape index (κ2) is 13.3. The number of nitrogens with zero attached hydrogens (tertiary/aromatic N) is 5. The summed E-state index contributed by atoms with van der Waals surface area (Å²) in [5.41, 5.74) is 4.56. The summed E-state index contributed by atoms with van der Waals surface area (Å²) in [4.78, 5) is 16.8. The van der Waals surface area contributed by atoms with Gasteiger partial charge in [-0.3, -0.25) is 9.78 Å². The molecule has 0 radical (unpaired) electrons. The molecule has 0 bridgehead atoms. The average molecular weight is 595 g/mol. The van der Waals surface area contributed by atoms with Gasteiger partial charge < -0.3 is 19.9 Å². The first-order chi connectivity index (χ1) is 21.1. The Morgan fingerprint density at radius 1 is 0.977 bits per heavy atom. The van der Waals surface area contributed by atoms with Crippen LogP contribution in [0.1, 0.15) is 46.4 Å². The topological polar surface area (TPSA) is 124 Å². The van der Waals surface area contributed by atoms with E-state index in [4.69, 9.17) is 9.47 Å². The molecule has 0 saturated carbocycles. The minimum atomic E-state index is -0.690. The number of nitrogens with one attached hydrogen (secondary N) is 1. The first-order valence-corrected chi connectivity index (χ1v) is 14.9. The van der Waals surface area contributed by atoms with E-state index in [1.54, 1.807) is 23.0 Å². The SMILES string of the molecule is C[C@@H]1[C@H](CSc2nnnn2-c2ccccc2)O[C@H](c2cccc(NC(=O)c3cccnc3)c2)O[C@@H]1c1ccc(CO)cc1. The van der Waals surface area contributed by atoms with Crippen molar-refractivity contribution in [3.63, 3.8) is 0 Å². The number of benzene rings is 3. The number of amides is 1. The predicted molar refractivity (Wildman–Crippen MR) is 161 cm³/mol. The van der Waals surface area contributed by atoms with Crippen LogP contribution in [0.3, 0.4) is 0 Å². The van der Waals surface area contributed by atoms with Crippen molar-refractivity contribution in [3.8, 4) is 5.69 Å². The minimum Gasteiger partial charge on any atom is -0.392 e. The Kier molecular flexibility index (Phi) is 8.85. The molecule has 0 spiro atoms. The molecule has 0 aliphatic carbocycles. The maximum atomic E-state index is 12.8. The number of aliphatic hydroxyl groups is 1. The van der Waals surface area contributed by atoms with Crippen LogP contribution in [0.2, 0.25) is 0 Å². The molecule has 3 aromatic carbocycles. The Hall–Kier alpha value is -4.42. The van der Waals surface area contributed by atoms with E-state index in [-0.39, 0.29) is 30.6 Å². The van der Waals surface area contributed by atoms with Crippen LogP contribution in [0.4, 0.5) is 5.69 Å². The molecular formula is C32H30N6O4S. The number of anilines is 1. The van der Waals surface area contributed by atoms with Crippen LogP contribution in [-0.2, 0) is 16.1 Å². The van der Waals surface area contributed by atoms with Crippen molar-refractivity contribution in [1.82, 2.24) is 25.2 Å². The van der Waals surface area contributed by atoms with Crippen LogP contribution in [0.25, 0.3) is 5.69 Å². The Morgan fingerprint density at radius 2 is 1.81 bits per heavy atom. The highest BCUT2D eigenvalue weighted by molar-refractivity contribution is 7.99. The molecule has 1 saturated heterocycles. The summed E-state index contributed by atoms with van der Waals surface area (Å²) < 4.78 is 14.9. The maximum absolute atomic E-state index is 12.8. The summed E-state index contributed by atoms with van der Waals surface area (Å²) in [6, 6.07) is 28.4. The van der Waals surface area contributed by atoms with Crippen molar-refractivity contribution in [2.75, 3.05) is 11.1 Å². The van der Waals surface area contributed by atoms with E-state index in [1.807, 2.05) is 78.9 Å². The second-order valence-electron chi connectivity index (χ2n) is 10.2. The van der Waals surface area contributed by atoms with Gasteiger partial charge in [0.05, 0.1) is 30.1 Å². The average Bonchev–Trinajstić information content (AvgIpc) is 3.54. The number of para-hydroxylation sites is 1. The van der Waals surface area contributed by atoms with E-state index in [2.05, 4.69) is 32.7 Å². The Morgan fingerprint density at radius 3 is 2.58 bits per heavy atom. The van der Waals surface area contributed by atoms with E-state index in [9.17, 15) is 9.90 Å². The van der Waals surface area contributed by atoms with Crippen molar-refractivity contribution in [2.45, 2.75) is 37.2 Å². The number of pyridine rings is 1. The van der Waals surface area contributed by atoms with Crippen LogP contribution in [0.15, 0.2) is 109 Å². The normalized spacial score (nSPS) is 20.0. The van der Waals surface area contributed by atoms with Gasteiger partial charge in [0.2, 0.25) is 5.16 Å². The molecule has 11 heteroatoms. The summed E-state index contributed by atoms with van der Waals surface area (Å²) in [6.07, 6.45) is 1.96. The van der Waals surface area contributed by atoms with Gasteiger partial charge in [0, 0.05) is 35.3 Å². The number of carbonyl (C=O) groups is 1. The third-order valence-electron chi connectivity index (χ3n) is 7.28. The fraction of sp³-hybridized carbons (Fsp3) is 0.219. The van der Waals surface area contributed by atoms with E-state index >= 15 is 0 Å². The van der Waals surface area contributed by atoms with E-state index < -0.39 is 6.29 Å². The van der Waals surface area contributed by atoms with Crippen molar-refractivity contribution in [3.05, 3.63) is 126 Å². The lowest BCUT2D eigenvalue weighted by atomic mass is 9.91. The van der Waals surface area contributed by atoms with Crippen LogP contribution in [0, 0.1) is 5.92 Å². The first kappa shape index (κ1) is 28.7. The van der Waals surface area contributed by atoms with Gasteiger partial charge >= 0.3 is 0 Å². The fourth-order valence-corrected chi connectivity index (χ4v) is 5.98. The zero-order chi connectivity index (χ0) is 29.6. The third-order valence-corrected chi connectivity index (χ3v) is 8.29. The fourth-order valence-electron chi connectivity index (χ4n) is 4.93. The van der Waals surface area contributed by atoms with Gasteiger partial charge in [0.15, 0.2) is 6.29 Å². The summed E-state index contributed by atoms with van der Waals surface area (Å²) >= 11 is 1.52. The Labute approximate surface area is 253 Å². The summed E-state index contributed by atoms with van der Waals surface area (Å²) in [7, 11) is 0. The molecule has 0 unspecified atom stereocenters. The lowest BCUT2D eigenvalue weighted by molar-refractivity contribution is -0.268. The lowest BCUT2D eigenvalue weighted by Crippen LogP contribution is -2.38. The number of ether oxygens (including phenoxy) is 2. The molecule has 10 nitrogen and oxygen atoms in total. The number of rotatable bonds is 9. The van der Waals surface area contributed by atoms with Gasteiger partial charge in [0.25, 0.3) is 5.91 Å². The summed E-state index contributed by atoms with van der Waals surface area (Å²) in [6.45, 7) is 2.08. The number of carbonyl (C=O) groups excluding carboxylic acids is 1. The number of hydrogen-bond donors (Lipinski definition) is 2. The van der Waals surface area contributed by atoms with Gasteiger partial charge in [-0.25, -0.2) is 0 Å². The van der Waals surface area contributed by atoms with Crippen molar-refractivity contribution >= 4 is 23.4 Å². The van der Waals surface area contributed by atoms with Crippen molar-refractivity contribution in [2.24, 2.45) is 5.92 Å². The third kappa shape index (κ3) is 6.65. The standard InChI is InChI=1S/C32H30N6O4S/c1-21-28(20-43-32-35-36-37-38(32)27-10-3-2-4-11-27)41-31(42-29(21)23-14-12-22(19-39)13-15-23)24-7-5-9-26(17-24)34-30(40)25-8-6-16-33-18-25/h2-18,21,28-29,31,39H,19-20H2,1H3,(H,34,40)/t21-,28+,29+,31+/m1/s1. The molecule has 1 fully saturated rings. The molecule has 1 aliphatic heterocycles. The van der Waals surface area contributed by atoms with Gasteiger partial charge in [-0.2, -0.15) is 4.68 Å². The van der Waals surface area contributed by atoms with E-state index in [0.717, 1.165) is 22.4 Å². The van der Waals surface area contributed by atoms with Crippen molar-refractivity contribution < 1.29 is 19.4 Å². The Bertz CT molecular complexity index is 1650. The highest BCUT2D eigenvalue weighted by atomic mass is 32.2. The zero-order valence-corrected chi connectivity index (χ0v) is 24.2. The molecule has 6 rings (SSSR count). The largest absolute Gasteiger partial charge is 0.392 e. The van der Waals surface area contributed by atoms with Crippen molar-refractivity contribution in [1.29, 1.82) is 0 Å². The molecule has 3 heterocycles. The number of thioether (sulfide) groups is 1.